The van der Waals surface area contributed by atoms with Crippen LogP contribution in [0.4, 0.5) is 0 Å². The maximum Gasteiger partial charge on any atom is 0.140 e. The summed E-state index contributed by atoms with van der Waals surface area (Å²) in [6, 6.07) is 0.647. The van der Waals surface area contributed by atoms with Crippen molar-refractivity contribution < 1.29 is 0 Å². The molecular formula is C14H26N4S. The second kappa shape index (κ2) is 7.29. The van der Waals surface area contributed by atoms with Crippen molar-refractivity contribution in [2.45, 2.75) is 64.4 Å². The van der Waals surface area contributed by atoms with Gasteiger partial charge in [0.05, 0.1) is 6.54 Å². The summed E-state index contributed by atoms with van der Waals surface area (Å²) in [5.74, 6) is 2.89. The minimum Gasteiger partial charge on any atom is -0.306 e. The van der Waals surface area contributed by atoms with Gasteiger partial charge in [0.1, 0.15) is 12.2 Å². The van der Waals surface area contributed by atoms with E-state index in [0.29, 0.717) is 12.0 Å². The molecule has 0 aromatic carbocycles. The van der Waals surface area contributed by atoms with Crippen molar-refractivity contribution in [3.8, 4) is 0 Å². The average molecular weight is 282 g/mol. The van der Waals surface area contributed by atoms with Crippen molar-refractivity contribution >= 4 is 11.8 Å². The summed E-state index contributed by atoms with van der Waals surface area (Å²) in [5.41, 5.74) is 0. The fraction of sp³-hybridized carbons (Fsp3) is 0.857. The van der Waals surface area contributed by atoms with Gasteiger partial charge < -0.3 is 5.32 Å². The topological polar surface area (TPSA) is 42.7 Å². The zero-order valence-electron chi connectivity index (χ0n) is 12.3. The Balaban J connectivity index is 1.86. The Morgan fingerprint density at radius 3 is 3.05 bits per heavy atom. The van der Waals surface area contributed by atoms with Gasteiger partial charge in [0, 0.05) is 17.8 Å². The van der Waals surface area contributed by atoms with Crippen LogP contribution in [0.15, 0.2) is 6.33 Å². The summed E-state index contributed by atoms with van der Waals surface area (Å²) in [6.07, 6.45) is 5.69. The van der Waals surface area contributed by atoms with E-state index in [-0.39, 0.29) is 0 Å². The van der Waals surface area contributed by atoms with Gasteiger partial charge in [-0.05, 0) is 24.5 Å². The van der Waals surface area contributed by atoms with E-state index in [9.17, 15) is 0 Å². The molecule has 0 aliphatic heterocycles. The summed E-state index contributed by atoms with van der Waals surface area (Å²) >= 11 is 2.09. The van der Waals surface area contributed by atoms with Gasteiger partial charge in [-0.15, -0.1) is 0 Å². The van der Waals surface area contributed by atoms with Crippen molar-refractivity contribution in [1.29, 1.82) is 0 Å². The highest BCUT2D eigenvalue weighted by atomic mass is 32.2. The molecule has 108 valence electrons. The molecule has 0 bridgehead atoms. The predicted octanol–water partition coefficient (Wildman–Crippen LogP) is 2.70. The van der Waals surface area contributed by atoms with Crippen molar-refractivity contribution in [2.75, 3.05) is 5.75 Å². The van der Waals surface area contributed by atoms with Gasteiger partial charge in [-0.2, -0.15) is 16.9 Å². The third-order valence-corrected chi connectivity index (χ3v) is 4.92. The van der Waals surface area contributed by atoms with Crippen LogP contribution in [0.1, 0.15) is 45.9 Å². The zero-order chi connectivity index (χ0) is 13.7. The molecule has 1 aromatic heterocycles. The summed E-state index contributed by atoms with van der Waals surface area (Å²) in [6.45, 7) is 8.47. The largest absolute Gasteiger partial charge is 0.306 e. The standard InChI is InChI=1S/C14H26N4S/c1-4-19-13-7-5-6-12(13)15-8-14-16-10-17-18(14)9-11(2)3/h10-13,15H,4-9H2,1-3H3. The van der Waals surface area contributed by atoms with Crippen LogP contribution < -0.4 is 5.32 Å². The molecule has 2 rings (SSSR count). The van der Waals surface area contributed by atoms with Crippen LogP contribution in [0.5, 0.6) is 0 Å². The number of aromatic nitrogens is 3. The Labute approximate surface area is 120 Å². The van der Waals surface area contributed by atoms with E-state index < -0.39 is 0 Å². The Kier molecular flexibility index (Phi) is 5.70. The molecule has 19 heavy (non-hydrogen) atoms. The first-order valence-corrected chi connectivity index (χ1v) is 8.47. The van der Waals surface area contributed by atoms with Crippen LogP contribution in [0.2, 0.25) is 0 Å². The van der Waals surface area contributed by atoms with Crippen molar-refractivity contribution in [2.24, 2.45) is 5.92 Å². The summed E-state index contributed by atoms with van der Waals surface area (Å²) in [7, 11) is 0. The van der Waals surface area contributed by atoms with Crippen molar-refractivity contribution in [3.63, 3.8) is 0 Å². The predicted molar refractivity (Wildman–Crippen MR) is 81.3 cm³/mol. The minimum atomic E-state index is 0.607. The second-order valence-electron chi connectivity index (χ2n) is 5.66. The Morgan fingerprint density at radius 2 is 2.32 bits per heavy atom. The number of nitrogens with one attached hydrogen (secondary N) is 1. The molecule has 1 heterocycles. The third-order valence-electron chi connectivity index (χ3n) is 3.59. The molecule has 0 amide bonds. The van der Waals surface area contributed by atoms with Gasteiger partial charge in [0.15, 0.2) is 0 Å². The van der Waals surface area contributed by atoms with E-state index in [0.717, 1.165) is 24.2 Å². The molecule has 0 radical (unpaired) electrons. The third kappa shape index (κ3) is 4.21. The SMILES string of the molecule is CCSC1CCCC1NCc1ncnn1CC(C)C. The van der Waals surface area contributed by atoms with Crippen molar-refractivity contribution in [3.05, 3.63) is 12.2 Å². The fourth-order valence-corrected chi connectivity index (χ4v) is 3.94. The molecule has 0 saturated heterocycles. The molecule has 1 saturated carbocycles. The van der Waals surface area contributed by atoms with E-state index in [1.54, 1.807) is 6.33 Å². The molecule has 1 aliphatic rings. The number of thioether (sulfide) groups is 1. The molecule has 1 fully saturated rings. The number of nitrogens with zero attached hydrogens (tertiary/aromatic N) is 3. The first-order chi connectivity index (χ1) is 9.20. The maximum atomic E-state index is 4.38. The highest BCUT2D eigenvalue weighted by molar-refractivity contribution is 7.99. The van der Waals surface area contributed by atoms with Gasteiger partial charge in [0.2, 0.25) is 0 Å². The van der Waals surface area contributed by atoms with Crippen LogP contribution in [-0.2, 0) is 13.1 Å². The normalized spacial score (nSPS) is 23.4. The summed E-state index contributed by atoms with van der Waals surface area (Å²) in [5, 5.41) is 8.79. The molecule has 4 nitrogen and oxygen atoms in total. The van der Waals surface area contributed by atoms with E-state index in [1.165, 1.54) is 25.0 Å². The minimum absolute atomic E-state index is 0.607. The van der Waals surface area contributed by atoms with Crippen LogP contribution in [0.3, 0.4) is 0 Å². The zero-order valence-corrected chi connectivity index (χ0v) is 13.1. The highest BCUT2D eigenvalue weighted by Gasteiger charge is 2.26. The quantitative estimate of drug-likeness (QED) is 0.835. The molecule has 5 heteroatoms. The lowest BCUT2D eigenvalue weighted by Crippen LogP contribution is -2.34. The average Bonchev–Trinajstić information content (AvgIpc) is 2.96. The lowest BCUT2D eigenvalue weighted by molar-refractivity contribution is 0.444. The van der Waals surface area contributed by atoms with Gasteiger partial charge in [0.25, 0.3) is 0 Å². The molecule has 1 aliphatic carbocycles. The lowest BCUT2D eigenvalue weighted by Gasteiger charge is -2.20. The lowest BCUT2D eigenvalue weighted by atomic mass is 10.2. The Hall–Kier alpha value is -0.550. The van der Waals surface area contributed by atoms with Gasteiger partial charge in [-0.3, -0.25) is 0 Å². The van der Waals surface area contributed by atoms with Crippen molar-refractivity contribution in [1.82, 2.24) is 20.1 Å². The molecule has 2 unspecified atom stereocenters. The fourth-order valence-electron chi connectivity index (χ4n) is 2.72. The molecular weight excluding hydrogens is 256 g/mol. The van der Waals surface area contributed by atoms with Crippen LogP contribution in [0, 0.1) is 5.92 Å². The molecule has 1 N–H and O–H groups in total. The summed E-state index contributed by atoms with van der Waals surface area (Å²) in [4.78, 5) is 4.38. The van der Waals surface area contributed by atoms with Gasteiger partial charge in [-0.1, -0.05) is 27.2 Å². The van der Waals surface area contributed by atoms with Crippen LogP contribution in [-0.4, -0.2) is 31.8 Å². The van der Waals surface area contributed by atoms with E-state index in [2.05, 4.69) is 47.9 Å². The number of hydrogen-bond acceptors (Lipinski definition) is 4. The first kappa shape index (κ1) is 14.9. The maximum absolute atomic E-state index is 4.38. The molecule has 0 spiro atoms. The molecule has 2 atom stereocenters. The molecule has 1 aromatic rings. The Morgan fingerprint density at radius 1 is 1.47 bits per heavy atom. The van der Waals surface area contributed by atoms with E-state index >= 15 is 0 Å². The van der Waals surface area contributed by atoms with Gasteiger partial charge in [-0.25, -0.2) is 9.67 Å². The Bertz CT molecular complexity index is 377. The van der Waals surface area contributed by atoms with Crippen LogP contribution >= 0.6 is 11.8 Å². The second-order valence-corrected chi connectivity index (χ2v) is 7.18. The van der Waals surface area contributed by atoms with Gasteiger partial charge >= 0.3 is 0 Å². The number of rotatable bonds is 7. The monoisotopic (exact) mass is 282 g/mol. The summed E-state index contributed by atoms with van der Waals surface area (Å²) < 4.78 is 2.04. The first-order valence-electron chi connectivity index (χ1n) is 7.42. The smallest absolute Gasteiger partial charge is 0.140 e. The van der Waals surface area contributed by atoms with E-state index in [4.69, 9.17) is 0 Å². The van der Waals surface area contributed by atoms with Crippen LogP contribution in [0.25, 0.3) is 0 Å². The highest BCUT2D eigenvalue weighted by Crippen LogP contribution is 2.29. The number of hydrogen-bond donors (Lipinski definition) is 1. The van der Waals surface area contributed by atoms with E-state index in [1.807, 2.05) is 4.68 Å².